The Hall–Kier alpha value is -4.31. The van der Waals surface area contributed by atoms with Crippen LogP contribution in [0.1, 0.15) is 0 Å². The van der Waals surface area contributed by atoms with Crippen LogP contribution in [0.2, 0.25) is 0 Å². The van der Waals surface area contributed by atoms with Crippen LogP contribution in [0.5, 0.6) is 0 Å². The molecule has 6 rings (SSSR count). The van der Waals surface area contributed by atoms with Crippen LogP contribution < -0.4 is 13.9 Å². The highest BCUT2D eigenvalue weighted by Crippen LogP contribution is 2.31. The van der Waals surface area contributed by atoms with E-state index in [1.54, 1.807) is 0 Å². The smallest absolute Gasteiger partial charge is 0.293 e. The van der Waals surface area contributed by atoms with Crippen molar-refractivity contribution in [3.05, 3.63) is 72.8 Å². The molecule has 0 saturated heterocycles. The molecule has 6 aromatic rings. The zero-order chi connectivity index (χ0) is 20.6. The van der Waals surface area contributed by atoms with E-state index in [9.17, 15) is 0 Å². The maximum absolute atomic E-state index is 5.90. The molecule has 12 nitrogen and oxygen atoms in total. The Kier molecular flexibility index (Phi) is 4.06. The van der Waals surface area contributed by atoms with E-state index in [0.717, 1.165) is 0 Å². The van der Waals surface area contributed by atoms with Crippen LogP contribution in [0, 0.1) is 0 Å². The number of aromatic nitrogens is 9. The van der Waals surface area contributed by atoms with Gasteiger partial charge in [-0.05, 0) is 52.0 Å². The summed E-state index contributed by atoms with van der Waals surface area (Å²) in [4.78, 5) is 3.71. The van der Waals surface area contributed by atoms with Gasteiger partial charge < -0.3 is 0 Å². The Morgan fingerprint density at radius 2 is 0.806 bits per heavy atom. The second-order valence-electron chi connectivity index (χ2n) is 6.32. The largest absolute Gasteiger partial charge is 0.596 e. The first-order valence-electron chi connectivity index (χ1n) is 9.12. The van der Waals surface area contributed by atoms with Gasteiger partial charge in [-0.3, -0.25) is 13.9 Å². The first kappa shape index (κ1) is 17.5. The molecule has 0 aliphatic rings. The van der Waals surface area contributed by atoms with Crippen LogP contribution in [0.25, 0.3) is 33.1 Å². The van der Waals surface area contributed by atoms with Gasteiger partial charge in [-0.25, -0.2) is 0 Å². The van der Waals surface area contributed by atoms with Gasteiger partial charge in [0.15, 0.2) is 0 Å². The summed E-state index contributed by atoms with van der Waals surface area (Å²) < 4.78 is 17.7. The second-order valence-corrected chi connectivity index (χ2v) is 7.26. The molecular formula is C18H12N9O3P. The fourth-order valence-corrected chi connectivity index (χ4v) is 3.79. The molecule has 0 aliphatic carbocycles. The lowest BCUT2D eigenvalue weighted by molar-refractivity contribution is 0.103. The number of fused-ring (bicyclic) bond motifs is 3. The van der Waals surface area contributed by atoms with E-state index in [4.69, 9.17) is 13.9 Å². The molecule has 0 N–H and O–H groups in total. The number of benzene rings is 3. The molecule has 13 heteroatoms. The average Bonchev–Trinajstić information content (AvgIpc) is 3.52. The molecule has 0 bridgehead atoms. The summed E-state index contributed by atoms with van der Waals surface area (Å²) in [5.41, 5.74) is 3.93. The van der Waals surface area contributed by atoms with Crippen LogP contribution in [0.15, 0.2) is 72.8 Å². The van der Waals surface area contributed by atoms with E-state index >= 15 is 0 Å². The summed E-state index contributed by atoms with van der Waals surface area (Å²) in [5, 5.41) is 24.3. The third kappa shape index (κ3) is 3.15. The maximum Gasteiger partial charge on any atom is 0.596 e. The Balaban J connectivity index is 1.37. The number of nitrogens with zero attached hydrogens (tertiary/aromatic N) is 9. The van der Waals surface area contributed by atoms with Gasteiger partial charge in [0, 0.05) is 0 Å². The molecule has 3 aromatic heterocycles. The summed E-state index contributed by atoms with van der Waals surface area (Å²) in [6, 6.07) is 22.1. The van der Waals surface area contributed by atoms with Crippen molar-refractivity contribution in [2.75, 3.05) is 0 Å². The fraction of sp³-hybridized carbons (Fsp3) is 0. The van der Waals surface area contributed by atoms with Gasteiger partial charge in [-0.15, -0.1) is 15.3 Å². The Labute approximate surface area is 174 Å². The first-order valence-corrected chi connectivity index (χ1v) is 10.2. The quantitative estimate of drug-likeness (QED) is 0.362. The van der Waals surface area contributed by atoms with Crippen molar-refractivity contribution in [3.63, 3.8) is 0 Å². The van der Waals surface area contributed by atoms with Crippen molar-refractivity contribution in [1.29, 1.82) is 0 Å². The van der Waals surface area contributed by atoms with E-state index in [1.807, 2.05) is 72.8 Å². The third-order valence-electron chi connectivity index (χ3n) is 4.40. The van der Waals surface area contributed by atoms with Gasteiger partial charge in [0.05, 0.1) is 0 Å². The van der Waals surface area contributed by atoms with E-state index in [2.05, 4.69) is 30.9 Å². The molecule has 152 valence electrons. The molecule has 0 unspecified atom stereocenters. The maximum atomic E-state index is 5.90. The molecular weight excluding hydrogens is 421 g/mol. The van der Waals surface area contributed by atoms with Gasteiger partial charge in [-0.1, -0.05) is 50.9 Å². The molecule has 0 radical (unpaired) electrons. The minimum Gasteiger partial charge on any atom is -0.293 e. The van der Waals surface area contributed by atoms with Crippen molar-refractivity contribution in [1.82, 2.24) is 45.5 Å². The lowest BCUT2D eigenvalue weighted by atomic mass is 10.3. The molecule has 0 spiro atoms. The minimum atomic E-state index is -2.15. The molecule has 0 saturated carbocycles. The number of hydrogen-bond donors (Lipinski definition) is 0. The van der Waals surface area contributed by atoms with Gasteiger partial charge >= 0.3 is 8.60 Å². The number of para-hydroxylation sites is 3. The first-order chi connectivity index (χ1) is 15.3. The predicted octanol–water partition coefficient (Wildman–Crippen LogP) is 1.83. The lowest BCUT2D eigenvalue weighted by Gasteiger charge is -2.15. The van der Waals surface area contributed by atoms with Crippen LogP contribution in [0.3, 0.4) is 0 Å². The summed E-state index contributed by atoms with van der Waals surface area (Å²) >= 11 is 0. The van der Waals surface area contributed by atoms with E-state index in [0.29, 0.717) is 33.1 Å². The molecule has 3 aromatic carbocycles. The zero-order valence-corrected chi connectivity index (χ0v) is 16.5. The Morgan fingerprint density at radius 1 is 0.484 bits per heavy atom. The van der Waals surface area contributed by atoms with E-state index < -0.39 is 8.60 Å². The van der Waals surface area contributed by atoms with E-state index in [-0.39, 0.29) is 0 Å². The molecule has 0 fully saturated rings. The van der Waals surface area contributed by atoms with Crippen molar-refractivity contribution in [2.45, 2.75) is 0 Å². The highest BCUT2D eigenvalue weighted by molar-refractivity contribution is 7.42. The van der Waals surface area contributed by atoms with Crippen LogP contribution in [-0.2, 0) is 0 Å². The standard InChI is InChI=1S/C18H12N9O3P/c1-4-10-16-13(7-1)19-22-25(16)28-31(29-26-17-11-5-2-8-14(17)20-23-26)30-27-18-12-6-3-9-15(18)21-24-27/h1-12H. The summed E-state index contributed by atoms with van der Waals surface area (Å²) in [5.74, 6) is 0. The van der Waals surface area contributed by atoms with Crippen LogP contribution in [-0.4, -0.2) is 45.5 Å². The van der Waals surface area contributed by atoms with Crippen molar-refractivity contribution in [2.24, 2.45) is 0 Å². The molecule has 0 aliphatic heterocycles. The lowest BCUT2D eigenvalue weighted by Crippen LogP contribution is -2.24. The fourth-order valence-electron chi connectivity index (χ4n) is 2.96. The van der Waals surface area contributed by atoms with Gasteiger partial charge in [-0.2, -0.15) is 0 Å². The highest BCUT2D eigenvalue weighted by Gasteiger charge is 2.26. The van der Waals surface area contributed by atoms with Gasteiger partial charge in [0.2, 0.25) is 0 Å². The topological polar surface area (TPSA) is 120 Å². The van der Waals surface area contributed by atoms with Gasteiger partial charge in [0.1, 0.15) is 33.1 Å². The molecule has 3 heterocycles. The second kappa shape index (κ2) is 7.18. The predicted molar refractivity (Wildman–Crippen MR) is 109 cm³/mol. The minimum absolute atomic E-state index is 0.647. The van der Waals surface area contributed by atoms with Crippen molar-refractivity contribution in [3.8, 4) is 0 Å². The third-order valence-corrected chi connectivity index (χ3v) is 5.26. The van der Waals surface area contributed by atoms with Crippen molar-refractivity contribution >= 4 is 41.7 Å². The summed E-state index contributed by atoms with van der Waals surface area (Å²) in [7, 11) is -2.15. The summed E-state index contributed by atoms with van der Waals surface area (Å²) in [6.45, 7) is 0. The normalized spacial score (nSPS) is 11.5. The number of rotatable bonds is 6. The Morgan fingerprint density at radius 3 is 1.16 bits per heavy atom. The Bertz CT molecular complexity index is 1330. The molecule has 31 heavy (non-hydrogen) atoms. The zero-order valence-electron chi connectivity index (χ0n) is 15.6. The summed E-state index contributed by atoms with van der Waals surface area (Å²) in [6.07, 6.45) is 0. The van der Waals surface area contributed by atoms with E-state index in [1.165, 1.54) is 14.5 Å². The number of hydrogen-bond acceptors (Lipinski definition) is 9. The molecule has 0 atom stereocenters. The monoisotopic (exact) mass is 433 g/mol. The van der Waals surface area contributed by atoms with Crippen LogP contribution in [0.4, 0.5) is 0 Å². The molecule has 0 amide bonds. The van der Waals surface area contributed by atoms with Gasteiger partial charge in [0.25, 0.3) is 0 Å². The van der Waals surface area contributed by atoms with Crippen LogP contribution >= 0.6 is 8.60 Å². The van der Waals surface area contributed by atoms with Crippen molar-refractivity contribution < 1.29 is 13.9 Å². The average molecular weight is 433 g/mol. The highest BCUT2D eigenvalue weighted by atomic mass is 31.2. The SMILES string of the molecule is c1ccc2c(c1)nnn2OP(On1nnc2ccccc21)On1nnc2ccccc21.